The zero-order chi connectivity index (χ0) is 21.5. The second-order valence-electron chi connectivity index (χ2n) is 7.06. The molecule has 3 aromatic rings. The summed E-state index contributed by atoms with van der Waals surface area (Å²) in [7, 11) is 0. The van der Waals surface area contributed by atoms with E-state index in [1.54, 1.807) is 54.6 Å². The first-order valence-electron chi connectivity index (χ1n) is 9.44. The van der Waals surface area contributed by atoms with Crippen LogP contribution >= 0.6 is 11.6 Å². The van der Waals surface area contributed by atoms with Crippen LogP contribution in [0.5, 0.6) is 5.75 Å². The zero-order valence-corrected chi connectivity index (χ0v) is 17.4. The Morgan fingerprint density at radius 3 is 2.57 bits per heavy atom. The van der Waals surface area contributed by atoms with Crippen LogP contribution in [-0.2, 0) is 6.61 Å². The van der Waals surface area contributed by atoms with E-state index < -0.39 is 0 Å². The summed E-state index contributed by atoms with van der Waals surface area (Å²) in [6.07, 6.45) is 0. The lowest BCUT2D eigenvalue weighted by Crippen LogP contribution is -2.27. The molecule has 1 heterocycles. The van der Waals surface area contributed by atoms with Gasteiger partial charge in [0, 0.05) is 28.9 Å². The number of nitrogens with zero attached hydrogens (tertiary/aromatic N) is 1. The molecule has 0 saturated carbocycles. The maximum Gasteiger partial charge on any atom is 0.273 e. The van der Waals surface area contributed by atoms with E-state index in [0.29, 0.717) is 40.2 Å². The van der Waals surface area contributed by atoms with Crippen LogP contribution in [-0.4, -0.2) is 23.5 Å². The van der Waals surface area contributed by atoms with Gasteiger partial charge in [0.2, 0.25) is 0 Å². The highest BCUT2D eigenvalue weighted by molar-refractivity contribution is 6.31. The van der Waals surface area contributed by atoms with Gasteiger partial charge in [0.15, 0.2) is 11.5 Å². The molecule has 30 heavy (non-hydrogen) atoms. The van der Waals surface area contributed by atoms with Crippen LogP contribution in [0.15, 0.2) is 59.1 Å². The molecule has 2 N–H and O–H groups in total. The number of carbonyl (C=O) groups is 2. The summed E-state index contributed by atoms with van der Waals surface area (Å²) in [5.74, 6) is 0.831. The highest BCUT2D eigenvalue weighted by atomic mass is 35.5. The second-order valence-corrected chi connectivity index (χ2v) is 7.50. The van der Waals surface area contributed by atoms with E-state index in [1.807, 2.05) is 13.8 Å². The normalized spacial score (nSPS) is 10.7. The zero-order valence-electron chi connectivity index (χ0n) is 16.6. The van der Waals surface area contributed by atoms with E-state index in [9.17, 15) is 9.59 Å². The molecule has 0 unspecified atom stereocenters. The van der Waals surface area contributed by atoms with Crippen molar-refractivity contribution in [3.8, 4) is 5.75 Å². The van der Waals surface area contributed by atoms with Crippen LogP contribution in [0.25, 0.3) is 0 Å². The van der Waals surface area contributed by atoms with Crippen molar-refractivity contribution in [1.29, 1.82) is 0 Å². The Kier molecular flexibility index (Phi) is 7.08. The number of hydrogen-bond acceptors (Lipinski definition) is 5. The topological polar surface area (TPSA) is 93.5 Å². The van der Waals surface area contributed by atoms with Gasteiger partial charge in [0.05, 0.1) is 0 Å². The molecule has 3 rings (SSSR count). The highest BCUT2D eigenvalue weighted by Crippen LogP contribution is 2.19. The Morgan fingerprint density at radius 1 is 1.10 bits per heavy atom. The lowest BCUT2D eigenvalue weighted by molar-refractivity contribution is 0.0939. The number of nitrogens with one attached hydrogen (secondary N) is 2. The van der Waals surface area contributed by atoms with E-state index >= 15 is 0 Å². The monoisotopic (exact) mass is 427 g/mol. The van der Waals surface area contributed by atoms with E-state index in [1.165, 1.54) is 0 Å². The Morgan fingerprint density at radius 2 is 1.87 bits per heavy atom. The van der Waals surface area contributed by atoms with Crippen LogP contribution < -0.4 is 15.4 Å². The molecule has 2 amide bonds. The number of anilines is 1. The molecule has 0 radical (unpaired) electrons. The van der Waals surface area contributed by atoms with Gasteiger partial charge in [-0.2, -0.15) is 0 Å². The fraction of sp³-hybridized carbons (Fsp3) is 0.227. The van der Waals surface area contributed by atoms with Crippen molar-refractivity contribution in [3.63, 3.8) is 0 Å². The molecule has 0 atom stereocenters. The molecule has 0 bridgehead atoms. The first-order valence-corrected chi connectivity index (χ1v) is 9.82. The van der Waals surface area contributed by atoms with Crippen molar-refractivity contribution >= 4 is 29.1 Å². The van der Waals surface area contributed by atoms with Crippen LogP contribution in [0.4, 0.5) is 5.69 Å². The molecule has 0 fully saturated rings. The maximum absolute atomic E-state index is 12.3. The predicted molar refractivity (Wildman–Crippen MR) is 114 cm³/mol. The number of aromatic nitrogens is 1. The molecule has 0 aliphatic carbocycles. The molecule has 0 saturated heterocycles. The van der Waals surface area contributed by atoms with Crippen LogP contribution in [0.1, 0.15) is 40.5 Å². The molecule has 0 aliphatic rings. The number of rotatable bonds is 8. The van der Waals surface area contributed by atoms with E-state index in [4.69, 9.17) is 20.9 Å². The molecular weight excluding hydrogens is 406 g/mol. The first kappa shape index (κ1) is 21.4. The Bertz CT molecular complexity index is 1020. The summed E-state index contributed by atoms with van der Waals surface area (Å²) in [6, 6.07) is 15.2. The Balaban J connectivity index is 1.51. The minimum Gasteiger partial charge on any atom is -0.486 e. The third kappa shape index (κ3) is 6.09. The van der Waals surface area contributed by atoms with Crippen molar-refractivity contribution in [3.05, 3.63) is 76.6 Å². The fourth-order valence-electron chi connectivity index (χ4n) is 2.50. The fourth-order valence-corrected chi connectivity index (χ4v) is 2.69. The first-order chi connectivity index (χ1) is 14.4. The van der Waals surface area contributed by atoms with Gasteiger partial charge in [-0.15, -0.1) is 0 Å². The van der Waals surface area contributed by atoms with Crippen LogP contribution in [0.2, 0.25) is 5.02 Å². The van der Waals surface area contributed by atoms with E-state index in [2.05, 4.69) is 15.8 Å². The summed E-state index contributed by atoms with van der Waals surface area (Å²) in [4.78, 5) is 24.2. The van der Waals surface area contributed by atoms with Gasteiger partial charge in [0.1, 0.15) is 12.4 Å². The smallest absolute Gasteiger partial charge is 0.273 e. The minimum atomic E-state index is -0.279. The molecule has 0 aliphatic heterocycles. The van der Waals surface area contributed by atoms with Gasteiger partial charge in [-0.3, -0.25) is 9.59 Å². The molecule has 7 nitrogen and oxygen atoms in total. The van der Waals surface area contributed by atoms with Gasteiger partial charge in [-0.1, -0.05) is 36.7 Å². The predicted octanol–water partition coefficient (Wildman–Crippen LogP) is 4.55. The third-order valence-corrected chi connectivity index (χ3v) is 4.28. The SMILES string of the molecule is CC(C)CNC(=O)c1cc(COc2ccc(NC(=O)c3cccc(Cl)c3)cc2)on1. The molecule has 8 heteroatoms. The van der Waals surface area contributed by atoms with Crippen molar-refractivity contribution in [2.24, 2.45) is 5.92 Å². The van der Waals surface area contributed by atoms with Gasteiger partial charge in [-0.25, -0.2) is 0 Å². The summed E-state index contributed by atoms with van der Waals surface area (Å²) in [5.41, 5.74) is 1.31. The Labute approximate surface area is 179 Å². The average Bonchev–Trinajstić information content (AvgIpc) is 3.20. The molecular formula is C22H22ClN3O4. The lowest BCUT2D eigenvalue weighted by Gasteiger charge is -2.07. The van der Waals surface area contributed by atoms with Gasteiger partial charge in [-0.05, 0) is 48.4 Å². The summed E-state index contributed by atoms with van der Waals surface area (Å²) in [5, 5.41) is 9.84. The van der Waals surface area contributed by atoms with Crippen molar-refractivity contribution in [2.75, 3.05) is 11.9 Å². The number of benzene rings is 2. The van der Waals surface area contributed by atoms with Crippen LogP contribution in [0.3, 0.4) is 0 Å². The van der Waals surface area contributed by atoms with Gasteiger partial charge in [0.25, 0.3) is 11.8 Å². The standard InChI is InChI=1S/C22H22ClN3O4/c1-14(2)12-24-22(28)20-11-19(30-26-20)13-29-18-8-6-17(7-9-18)25-21(27)15-4-3-5-16(23)10-15/h3-11,14H,12-13H2,1-2H3,(H,24,28)(H,25,27). The summed E-state index contributed by atoms with van der Waals surface area (Å²) < 4.78 is 10.8. The molecule has 2 aromatic carbocycles. The van der Waals surface area contributed by atoms with Gasteiger partial charge >= 0.3 is 0 Å². The van der Waals surface area contributed by atoms with Crippen LogP contribution in [0, 0.1) is 5.92 Å². The third-order valence-electron chi connectivity index (χ3n) is 4.04. The lowest BCUT2D eigenvalue weighted by atomic mass is 10.2. The average molecular weight is 428 g/mol. The number of ether oxygens (including phenoxy) is 1. The summed E-state index contributed by atoms with van der Waals surface area (Å²) >= 11 is 5.91. The number of carbonyl (C=O) groups excluding carboxylic acids is 2. The highest BCUT2D eigenvalue weighted by Gasteiger charge is 2.13. The maximum atomic E-state index is 12.3. The quantitative estimate of drug-likeness (QED) is 0.550. The molecule has 0 spiro atoms. The van der Waals surface area contributed by atoms with Gasteiger partial charge < -0.3 is 19.9 Å². The molecule has 156 valence electrons. The second kappa shape index (κ2) is 9.93. The number of amides is 2. The number of halogens is 1. The van der Waals surface area contributed by atoms with Crippen molar-refractivity contribution in [1.82, 2.24) is 10.5 Å². The number of hydrogen-bond donors (Lipinski definition) is 2. The minimum absolute atomic E-state index is 0.124. The summed E-state index contributed by atoms with van der Waals surface area (Å²) in [6.45, 7) is 4.71. The van der Waals surface area contributed by atoms with Crippen molar-refractivity contribution in [2.45, 2.75) is 20.5 Å². The Hall–Kier alpha value is -3.32. The largest absolute Gasteiger partial charge is 0.486 e. The van der Waals surface area contributed by atoms with Crippen molar-refractivity contribution < 1.29 is 18.8 Å². The van der Waals surface area contributed by atoms with E-state index in [-0.39, 0.29) is 24.1 Å². The molecule has 1 aromatic heterocycles. The van der Waals surface area contributed by atoms with E-state index in [0.717, 1.165) is 0 Å².